The van der Waals surface area contributed by atoms with Gasteiger partial charge in [0.05, 0.1) is 5.02 Å². The van der Waals surface area contributed by atoms with E-state index < -0.39 is 0 Å². The Bertz CT molecular complexity index is 366. The van der Waals surface area contributed by atoms with Crippen molar-refractivity contribution in [2.75, 3.05) is 6.54 Å². The lowest BCUT2D eigenvalue weighted by molar-refractivity contribution is 0.455. The van der Waals surface area contributed by atoms with Gasteiger partial charge in [-0.25, -0.2) is 4.39 Å². The average Bonchev–Trinajstić information content (AvgIpc) is 2.31. The molecular formula is C15H23ClFN. The van der Waals surface area contributed by atoms with E-state index in [9.17, 15) is 4.39 Å². The van der Waals surface area contributed by atoms with E-state index in [-0.39, 0.29) is 16.9 Å². The molecule has 1 rings (SSSR count). The van der Waals surface area contributed by atoms with Crippen LogP contribution >= 0.6 is 11.6 Å². The highest BCUT2D eigenvalue weighted by atomic mass is 35.5. The molecule has 0 fully saturated rings. The lowest BCUT2D eigenvalue weighted by Gasteiger charge is -2.19. The minimum atomic E-state index is -0.349. The molecule has 0 saturated carbocycles. The Morgan fingerprint density at radius 2 is 2.00 bits per heavy atom. The molecule has 1 unspecified atom stereocenters. The van der Waals surface area contributed by atoms with E-state index in [4.69, 9.17) is 11.6 Å². The summed E-state index contributed by atoms with van der Waals surface area (Å²) in [6, 6.07) is 5.28. The van der Waals surface area contributed by atoms with Gasteiger partial charge in [0.1, 0.15) is 5.82 Å². The van der Waals surface area contributed by atoms with Gasteiger partial charge in [0.15, 0.2) is 0 Å². The Kier molecular flexibility index (Phi) is 6.66. The van der Waals surface area contributed by atoms with Crippen molar-refractivity contribution < 1.29 is 4.39 Å². The highest BCUT2D eigenvalue weighted by molar-refractivity contribution is 6.30. The Labute approximate surface area is 115 Å². The van der Waals surface area contributed by atoms with Gasteiger partial charge in [-0.1, -0.05) is 51.3 Å². The van der Waals surface area contributed by atoms with E-state index >= 15 is 0 Å². The molecule has 0 aromatic heterocycles. The summed E-state index contributed by atoms with van der Waals surface area (Å²) < 4.78 is 13.2. The minimum absolute atomic E-state index is 0.208. The minimum Gasteiger partial charge on any atom is -0.310 e. The van der Waals surface area contributed by atoms with Crippen LogP contribution in [0.1, 0.15) is 51.6 Å². The average molecular weight is 272 g/mol. The summed E-state index contributed by atoms with van der Waals surface area (Å²) in [5.41, 5.74) is 1.08. The third-order valence-electron chi connectivity index (χ3n) is 3.07. The van der Waals surface area contributed by atoms with Crippen LogP contribution in [0.5, 0.6) is 0 Å². The molecule has 0 saturated heterocycles. The number of hydrogen-bond donors (Lipinski definition) is 1. The Morgan fingerprint density at radius 3 is 2.56 bits per heavy atom. The largest absolute Gasteiger partial charge is 0.310 e. The first-order chi connectivity index (χ1) is 8.54. The zero-order valence-corrected chi connectivity index (χ0v) is 12.2. The van der Waals surface area contributed by atoms with Gasteiger partial charge in [-0.05, 0) is 36.6 Å². The van der Waals surface area contributed by atoms with E-state index in [0.29, 0.717) is 0 Å². The van der Waals surface area contributed by atoms with Crippen LogP contribution in [0.4, 0.5) is 4.39 Å². The van der Waals surface area contributed by atoms with E-state index in [1.807, 2.05) is 6.07 Å². The molecule has 1 N–H and O–H groups in total. The molecule has 0 aliphatic rings. The van der Waals surface area contributed by atoms with Crippen molar-refractivity contribution in [3.63, 3.8) is 0 Å². The fourth-order valence-electron chi connectivity index (χ4n) is 2.09. The normalized spacial score (nSPS) is 13.0. The predicted octanol–water partition coefficient (Wildman–Crippen LogP) is 4.96. The topological polar surface area (TPSA) is 12.0 Å². The molecule has 1 aromatic carbocycles. The van der Waals surface area contributed by atoms with E-state index in [0.717, 1.165) is 24.4 Å². The molecule has 102 valence electrons. The maximum Gasteiger partial charge on any atom is 0.141 e. The first kappa shape index (κ1) is 15.5. The summed E-state index contributed by atoms with van der Waals surface area (Å²) in [5, 5.41) is 3.65. The first-order valence-electron chi connectivity index (χ1n) is 6.73. The van der Waals surface area contributed by atoms with Crippen LogP contribution in [0.2, 0.25) is 5.02 Å². The van der Waals surface area contributed by atoms with Crippen molar-refractivity contribution in [3.05, 3.63) is 34.6 Å². The van der Waals surface area contributed by atoms with Gasteiger partial charge < -0.3 is 5.32 Å². The molecule has 3 heteroatoms. The van der Waals surface area contributed by atoms with Gasteiger partial charge in [-0.2, -0.15) is 0 Å². The number of benzene rings is 1. The van der Waals surface area contributed by atoms with Gasteiger partial charge in [-0.15, -0.1) is 0 Å². The van der Waals surface area contributed by atoms with E-state index in [1.54, 1.807) is 6.07 Å². The molecule has 0 amide bonds. The second kappa shape index (κ2) is 7.75. The number of halogens is 2. The van der Waals surface area contributed by atoms with Gasteiger partial charge in [0, 0.05) is 6.04 Å². The second-order valence-corrected chi connectivity index (χ2v) is 5.52. The van der Waals surface area contributed by atoms with Gasteiger partial charge in [0.2, 0.25) is 0 Å². The molecule has 0 heterocycles. The lowest BCUT2D eigenvalue weighted by Crippen LogP contribution is -2.21. The summed E-state index contributed by atoms with van der Waals surface area (Å²) in [6.07, 6.45) is 3.45. The second-order valence-electron chi connectivity index (χ2n) is 5.11. The summed E-state index contributed by atoms with van der Waals surface area (Å²) in [4.78, 5) is 0. The van der Waals surface area contributed by atoms with Crippen molar-refractivity contribution >= 4 is 11.6 Å². The maximum absolute atomic E-state index is 13.2. The fraction of sp³-hybridized carbons (Fsp3) is 0.600. The molecule has 0 radical (unpaired) electrons. The Balaban J connectivity index is 2.67. The molecule has 0 aliphatic carbocycles. The molecular weight excluding hydrogens is 249 g/mol. The fourth-order valence-corrected chi connectivity index (χ4v) is 2.28. The molecule has 1 nitrogen and oxygen atoms in total. The van der Waals surface area contributed by atoms with Crippen molar-refractivity contribution in [2.45, 2.75) is 46.1 Å². The van der Waals surface area contributed by atoms with Crippen LogP contribution in [0.15, 0.2) is 18.2 Å². The lowest BCUT2D eigenvalue weighted by atomic mass is 9.98. The van der Waals surface area contributed by atoms with Gasteiger partial charge >= 0.3 is 0 Å². The molecule has 0 aliphatic heterocycles. The molecule has 1 aromatic rings. The van der Waals surface area contributed by atoms with Crippen LogP contribution in [-0.4, -0.2) is 6.54 Å². The monoisotopic (exact) mass is 271 g/mol. The van der Waals surface area contributed by atoms with Crippen molar-refractivity contribution in [1.29, 1.82) is 0 Å². The van der Waals surface area contributed by atoms with E-state index in [2.05, 4.69) is 26.1 Å². The summed E-state index contributed by atoms with van der Waals surface area (Å²) >= 11 is 5.84. The quantitative estimate of drug-likeness (QED) is 0.739. The summed E-state index contributed by atoms with van der Waals surface area (Å²) in [7, 11) is 0. The van der Waals surface area contributed by atoms with Crippen LogP contribution in [-0.2, 0) is 0 Å². The molecule has 0 spiro atoms. The maximum atomic E-state index is 13.2. The zero-order chi connectivity index (χ0) is 13.5. The van der Waals surface area contributed by atoms with Crippen LogP contribution < -0.4 is 5.32 Å². The SMILES string of the molecule is CCNC(CCCC(C)C)c1ccc(F)c(Cl)c1. The predicted molar refractivity (Wildman–Crippen MR) is 76.5 cm³/mol. The molecule has 0 bridgehead atoms. The smallest absolute Gasteiger partial charge is 0.141 e. The van der Waals surface area contributed by atoms with Crippen LogP contribution in [0, 0.1) is 11.7 Å². The third-order valence-corrected chi connectivity index (χ3v) is 3.36. The number of nitrogens with one attached hydrogen (secondary N) is 1. The molecule has 18 heavy (non-hydrogen) atoms. The highest BCUT2D eigenvalue weighted by Crippen LogP contribution is 2.25. The van der Waals surface area contributed by atoms with Gasteiger partial charge in [-0.3, -0.25) is 0 Å². The first-order valence-corrected chi connectivity index (χ1v) is 7.10. The van der Waals surface area contributed by atoms with Crippen LogP contribution in [0.25, 0.3) is 0 Å². The third kappa shape index (κ3) is 4.95. The summed E-state index contributed by atoms with van der Waals surface area (Å²) in [5.74, 6) is 0.377. The standard InChI is InChI=1S/C15H23ClFN/c1-4-18-15(7-5-6-11(2)3)12-8-9-14(17)13(16)10-12/h8-11,15,18H,4-7H2,1-3H3. The van der Waals surface area contributed by atoms with Gasteiger partial charge in [0.25, 0.3) is 0 Å². The highest BCUT2D eigenvalue weighted by Gasteiger charge is 2.12. The van der Waals surface area contributed by atoms with Crippen LogP contribution in [0.3, 0.4) is 0 Å². The summed E-state index contributed by atoms with van der Waals surface area (Å²) in [6.45, 7) is 7.45. The van der Waals surface area contributed by atoms with Crippen molar-refractivity contribution in [1.82, 2.24) is 5.32 Å². The Hall–Kier alpha value is -0.600. The van der Waals surface area contributed by atoms with E-state index in [1.165, 1.54) is 18.9 Å². The number of rotatable bonds is 7. The van der Waals surface area contributed by atoms with Crippen molar-refractivity contribution in [3.8, 4) is 0 Å². The zero-order valence-electron chi connectivity index (χ0n) is 11.5. The Morgan fingerprint density at radius 1 is 1.28 bits per heavy atom. The number of hydrogen-bond acceptors (Lipinski definition) is 1. The van der Waals surface area contributed by atoms with Crippen molar-refractivity contribution in [2.24, 2.45) is 5.92 Å². The molecule has 1 atom stereocenters.